The predicted octanol–water partition coefficient (Wildman–Crippen LogP) is 4.08. The van der Waals surface area contributed by atoms with Crippen LogP contribution in [0.25, 0.3) is 0 Å². The van der Waals surface area contributed by atoms with Crippen LogP contribution in [0.4, 0.5) is 23.2 Å². The number of carbonyl (C=O) groups excluding carboxylic acids is 1. The number of likely N-dealkylation sites (tertiary alicyclic amines) is 1. The second-order valence-electron chi connectivity index (χ2n) is 9.10. The van der Waals surface area contributed by atoms with Crippen LogP contribution in [0, 0.1) is 28.5 Å². The van der Waals surface area contributed by atoms with E-state index in [1.54, 1.807) is 11.0 Å². The highest BCUT2D eigenvalue weighted by molar-refractivity contribution is 5.94. The molecule has 2 saturated heterocycles. The lowest BCUT2D eigenvalue weighted by atomic mass is 9.71. The van der Waals surface area contributed by atoms with Crippen LogP contribution in [-0.2, 0) is 6.18 Å². The summed E-state index contributed by atoms with van der Waals surface area (Å²) in [4.78, 5) is 16.4. The number of rotatable bonds is 4. The maximum Gasteiger partial charge on any atom is 0.417 e. The molecule has 2 aromatic rings. The van der Waals surface area contributed by atoms with Crippen molar-refractivity contribution in [1.82, 2.24) is 4.90 Å². The number of piperidine rings is 1. The predicted molar refractivity (Wildman–Crippen MR) is 119 cm³/mol. The number of hydrogen-bond donors (Lipinski definition) is 1. The molecule has 0 radical (unpaired) electrons. The number of ether oxygens (including phenoxy) is 1. The molecular weight excluding hydrogens is 466 g/mol. The number of methoxy groups -OCH3 is 1. The van der Waals surface area contributed by atoms with Crippen molar-refractivity contribution < 1.29 is 32.2 Å². The van der Waals surface area contributed by atoms with Crippen molar-refractivity contribution in [3.8, 4) is 11.8 Å². The topological polar surface area (TPSA) is 76.8 Å². The van der Waals surface area contributed by atoms with Gasteiger partial charge in [0.15, 0.2) is 11.6 Å². The monoisotopic (exact) mass is 491 g/mol. The molecule has 2 fully saturated rings. The van der Waals surface area contributed by atoms with Gasteiger partial charge in [-0.05, 0) is 54.7 Å². The van der Waals surface area contributed by atoms with Crippen LogP contribution in [0.5, 0.6) is 5.75 Å². The molecule has 1 N–H and O–H groups in total. The van der Waals surface area contributed by atoms with Crippen molar-refractivity contribution >= 4 is 11.6 Å². The summed E-state index contributed by atoms with van der Waals surface area (Å²) < 4.78 is 59.3. The fourth-order valence-electron chi connectivity index (χ4n) is 5.25. The number of carbonyl (C=O) groups is 1. The summed E-state index contributed by atoms with van der Waals surface area (Å²) in [5.41, 5.74) is -1.23. The van der Waals surface area contributed by atoms with Crippen LogP contribution in [0.15, 0.2) is 36.4 Å². The van der Waals surface area contributed by atoms with Crippen LogP contribution in [0.3, 0.4) is 0 Å². The molecule has 2 aliphatic rings. The quantitative estimate of drug-likeness (QED) is 0.653. The second kappa shape index (κ2) is 9.38. The van der Waals surface area contributed by atoms with Gasteiger partial charge in [0.05, 0.1) is 24.3 Å². The Morgan fingerprint density at radius 2 is 1.94 bits per heavy atom. The van der Waals surface area contributed by atoms with Gasteiger partial charge in [0, 0.05) is 50.0 Å². The van der Waals surface area contributed by atoms with E-state index >= 15 is 0 Å². The van der Waals surface area contributed by atoms with Gasteiger partial charge in [0.1, 0.15) is 0 Å². The number of alkyl halides is 3. The Labute approximate surface area is 200 Å². The zero-order chi connectivity index (χ0) is 25.4. The summed E-state index contributed by atoms with van der Waals surface area (Å²) in [6, 6.07) is 9.30. The number of aliphatic hydroxyl groups is 1. The van der Waals surface area contributed by atoms with Gasteiger partial charge in [-0.1, -0.05) is 0 Å². The van der Waals surface area contributed by atoms with Gasteiger partial charge in [0.2, 0.25) is 0 Å². The van der Waals surface area contributed by atoms with Crippen molar-refractivity contribution in [1.29, 1.82) is 5.26 Å². The molecule has 2 heterocycles. The van der Waals surface area contributed by atoms with Crippen molar-refractivity contribution in [2.24, 2.45) is 11.3 Å². The first-order chi connectivity index (χ1) is 16.6. The Balaban J connectivity index is 1.50. The molecule has 1 spiro atoms. The van der Waals surface area contributed by atoms with Gasteiger partial charge in [-0.25, -0.2) is 4.39 Å². The van der Waals surface area contributed by atoms with E-state index in [4.69, 9.17) is 10.00 Å². The molecule has 4 rings (SSSR count). The number of aliphatic hydroxyl groups excluding tert-OH is 1. The van der Waals surface area contributed by atoms with Gasteiger partial charge in [-0.15, -0.1) is 0 Å². The number of amides is 1. The van der Waals surface area contributed by atoms with Gasteiger partial charge in [-0.2, -0.15) is 18.4 Å². The summed E-state index contributed by atoms with van der Waals surface area (Å²) in [5, 5.41) is 19.1. The third-order valence-electron chi connectivity index (χ3n) is 7.27. The average Bonchev–Trinajstić information content (AvgIpc) is 3.20. The molecule has 0 bridgehead atoms. The Hall–Kier alpha value is -3.32. The van der Waals surface area contributed by atoms with Crippen LogP contribution in [0.1, 0.15) is 34.3 Å². The summed E-state index contributed by atoms with van der Waals surface area (Å²) in [7, 11) is 1.34. The maximum atomic E-state index is 14.1. The van der Waals surface area contributed by atoms with Crippen molar-refractivity contribution in [3.63, 3.8) is 0 Å². The smallest absolute Gasteiger partial charge is 0.417 e. The van der Waals surface area contributed by atoms with Crippen molar-refractivity contribution in [2.45, 2.75) is 19.0 Å². The summed E-state index contributed by atoms with van der Waals surface area (Å²) in [6.45, 7) is 1.45. The molecule has 2 aliphatic heterocycles. The molecule has 1 amide bonds. The highest BCUT2D eigenvalue weighted by Crippen LogP contribution is 2.46. The highest BCUT2D eigenvalue weighted by atomic mass is 19.4. The summed E-state index contributed by atoms with van der Waals surface area (Å²) in [5.74, 6) is -1.06. The third-order valence-corrected chi connectivity index (χ3v) is 7.27. The van der Waals surface area contributed by atoms with E-state index in [2.05, 4.69) is 0 Å². The van der Waals surface area contributed by atoms with Crippen LogP contribution in [0.2, 0.25) is 0 Å². The third kappa shape index (κ3) is 4.65. The molecule has 1 atom stereocenters. The number of anilines is 1. The molecule has 1 unspecified atom stereocenters. The molecule has 35 heavy (non-hydrogen) atoms. The van der Waals surface area contributed by atoms with E-state index < -0.39 is 23.1 Å². The SMILES string of the molecule is COc1ccc(C(=O)N2CCC3(CC2)CN(c2ccc(C#N)c(C(F)(F)F)c2)CC3CO)cc1F. The van der Waals surface area contributed by atoms with Gasteiger partial charge in [0.25, 0.3) is 5.91 Å². The summed E-state index contributed by atoms with van der Waals surface area (Å²) in [6.07, 6.45) is -3.54. The van der Waals surface area contributed by atoms with E-state index in [0.717, 1.165) is 12.1 Å². The molecule has 6 nitrogen and oxygen atoms in total. The Kier molecular flexibility index (Phi) is 6.64. The molecule has 2 aromatic carbocycles. The minimum Gasteiger partial charge on any atom is -0.494 e. The average molecular weight is 491 g/mol. The van der Waals surface area contributed by atoms with E-state index in [9.17, 15) is 27.5 Å². The number of hydrogen-bond acceptors (Lipinski definition) is 5. The highest BCUT2D eigenvalue weighted by Gasteiger charge is 2.48. The van der Waals surface area contributed by atoms with E-state index in [1.807, 2.05) is 4.90 Å². The first kappa shape index (κ1) is 24.8. The largest absolute Gasteiger partial charge is 0.494 e. The number of benzene rings is 2. The molecule has 0 saturated carbocycles. The lowest BCUT2D eigenvalue weighted by molar-refractivity contribution is -0.137. The molecule has 0 aliphatic carbocycles. The van der Waals surface area contributed by atoms with E-state index in [0.29, 0.717) is 44.7 Å². The molecule has 0 aromatic heterocycles. The van der Waals surface area contributed by atoms with Crippen LogP contribution >= 0.6 is 0 Å². The lowest BCUT2D eigenvalue weighted by Crippen LogP contribution is -2.47. The molecule has 10 heteroatoms. The number of halogens is 4. The molecule has 186 valence electrons. The normalized spacial score (nSPS) is 19.6. The van der Waals surface area contributed by atoms with Crippen molar-refractivity contribution in [2.75, 3.05) is 44.8 Å². The van der Waals surface area contributed by atoms with E-state index in [1.165, 1.54) is 31.4 Å². The van der Waals surface area contributed by atoms with Crippen LogP contribution in [-0.4, -0.2) is 55.8 Å². The van der Waals surface area contributed by atoms with Crippen molar-refractivity contribution in [3.05, 3.63) is 58.9 Å². The van der Waals surface area contributed by atoms with Gasteiger partial charge < -0.3 is 19.6 Å². The molecular formula is C25H25F4N3O3. The van der Waals surface area contributed by atoms with Gasteiger partial charge in [-0.3, -0.25) is 4.79 Å². The first-order valence-corrected chi connectivity index (χ1v) is 11.2. The number of nitriles is 1. The zero-order valence-electron chi connectivity index (χ0n) is 19.1. The minimum atomic E-state index is -4.65. The minimum absolute atomic E-state index is 0.0486. The van der Waals surface area contributed by atoms with Gasteiger partial charge >= 0.3 is 6.18 Å². The summed E-state index contributed by atoms with van der Waals surface area (Å²) >= 11 is 0. The zero-order valence-corrected chi connectivity index (χ0v) is 19.1. The second-order valence-corrected chi connectivity index (χ2v) is 9.10. The fourth-order valence-corrected chi connectivity index (χ4v) is 5.25. The first-order valence-electron chi connectivity index (χ1n) is 11.2. The lowest BCUT2D eigenvalue weighted by Gasteiger charge is -2.42. The fraction of sp³-hybridized carbons (Fsp3) is 0.440. The maximum absolute atomic E-state index is 14.1. The Morgan fingerprint density at radius 3 is 2.51 bits per heavy atom. The van der Waals surface area contributed by atoms with E-state index in [-0.39, 0.29) is 35.2 Å². The Morgan fingerprint density at radius 1 is 1.23 bits per heavy atom. The standard InChI is InChI=1S/C25H25F4N3O3/c1-35-22-5-3-16(10-21(22)26)23(34)31-8-6-24(7-9-31)15-32(13-18(24)14-33)19-4-2-17(12-30)20(11-19)25(27,28)29/h2-5,10-11,18,33H,6-9,13-15H2,1H3. The number of nitrogens with zero attached hydrogens (tertiary/aromatic N) is 3. The Bertz CT molecular complexity index is 1150. The van der Waals surface area contributed by atoms with Crippen LogP contribution < -0.4 is 9.64 Å².